The minimum Gasteiger partial charge on any atom is -0.408 e. The Balaban J connectivity index is 1.42. The van der Waals surface area contributed by atoms with Gasteiger partial charge in [-0.3, -0.25) is 5.10 Å². The van der Waals surface area contributed by atoms with E-state index in [9.17, 15) is 0 Å². The molecule has 1 aliphatic rings. The predicted octanol–water partition coefficient (Wildman–Crippen LogP) is 4.29. The average Bonchev–Trinajstić information content (AvgIpc) is 3.33. The van der Waals surface area contributed by atoms with Gasteiger partial charge in [-0.2, -0.15) is 10.1 Å². The summed E-state index contributed by atoms with van der Waals surface area (Å²) in [5.41, 5.74) is 3.12. The van der Waals surface area contributed by atoms with Gasteiger partial charge >= 0.3 is 0 Å². The van der Waals surface area contributed by atoms with Crippen LogP contribution < -0.4 is 10.6 Å². The van der Waals surface area contributed by atoms with Gasteiger partial charge in [-0.1, -0.05) is 44.2 Å². The summed E-state index contributed by atoms with van der Waals surface area (Å²) < 4.78 is 0. The predicted molar refractivity (Wildman–Crippen MR) is 117 cm³/mol. The molecule has 0 bridgehead atoms. The number of nitrogens with one attached hydrogen (secondary N) is 3. The fraction of sp³-hybridized carbons (Fsp3) is 0.318. The van der Waals surface area contributed by atoms with Crippen LogP contribution in [0.1, 0.15) is 42.8 Å². The van der Waals surface area contributed by atoms with Gasteiger partial charge < -0.3 is 15.5 Å². The smallest absolute Gasteiger partial charge is 0.225 e. The topological polar surface area (TPSA) is 91.0 Å². The number of hydrogen-bond donors (Lipinski definition) is 3. The van der Waals surface area contributed by atoms with Gasteiger partial charge in [-0.25, -0.2) is 4.98 Å². The molecule has 3 heterocycles. The lowest BCUT2D eigenvalue weighted by Crippen LogP contribution is -2.18. The Kier molecular flexibility index (Phi) is 5.67. The summed E-state index contributed by atoms with van der Waals surface area (Å²) in [5, 5.41) is 15.7. The first kappa shape index (κ1) is 19.9. The largest absolute Gasteiger partial charge is 0.408 e. The number of nitrogens with zero attached hydrogens (tertiary/aromatic N) is 4. The van der Waals surface area contributed by atoms with E-state index in [0.717, 1.165) is 23.0 Å². The van der Waals surface area contributed by atoms with E-state index in [1.807, 2.05) is 49.4 Å². The van der Waals surface area contributed by atoms with E-state index >= 15 is 0 Å². The Bertz CT molecular complexity index is 1030. The fourth-order valence-corrected chi connectivity index (χ4v) is 3.31. The molecule has 0 radical (unpaired) electrons. The number of aromatic nitrogens is 4. The van der Waals surface area contributed by atoms with Crippen LogP contribution in [0.25, 0.3) is 0 Å². The minimum atomic E-state index is 0.0912. The maximum atomic E-state index is 5.88. The number of likely N-dealkylation sites (N-methyl/N-ethyl adjacent to an activating group) is 1. The summed E-state index contributed by atoms with van der Waals surface area (Å²) in [4.78, 5) is 14.9. The van der Waals surface area contributed by atoms with Crippen LogP contribution in [0.15, 0.2) is 54.3 Å². The van der Waals surface area contributed by atoms with Crippen LogP contribution in [-0.4, -0.2) is 38.8 Å². The zero-order valence-electron chi connectivity index (χ0n) is 17.7. The molecule has 0 saturated heterocycles. The highest BCUT2D eigenvalue weighted by molar-refractivity contribution is 5.54. The van der Waals surface area contributed by atoms with Crippen LogP contribution in [0.3, 0.4) is 0 Å². The molecule has 1 atom stereocenters. The molecule has 2 aromatic heterocycles. The van der Waals surface area contributed by atoms with Crippen molar-refractivity contribution in [1.82, 2.24) is 25.2 Å². The van der Waals surface area contributed by atoms with Crippen LogP contribution >= 0.6 is 0 Å². The highest BCUT2D eigenvalue weighted by Crippen LogP contribution is 2.29. The lowest BCUT2D eigenvalue weighted by atomic mass is 10.1. The van der Waals surface area contributed by atoms with E-state index in [2.05, 4.69) is 62.9 Å². The lowest BCUT2D eigenvalue weighted by Gasteiger charge is -2.18. The molecule has 0 amide bonds. The van der Waals surface area contributed by atoms with Crippen molar-refractivity contribution in [3.63, 3.8) is 0 Å². The Morgan fingerprint density at radius 1 is 1.13 bits per heavy atom. The first-order chi connectivity index (χ1) is 14.5. The molecular weight excluding hydrogens is 378 g/mol. The number of anilines is 3. The zero-order valence-corrected chi connectivity index (χ0v) is 17.7. The zero-order chi connectivity index (χ0) is 21.1. The maximum Gasteiger partial charge on any atom is 0.225 e. The van der Waals surface area contributed by atoms with Crippen molar-refractivity contribution in [2.75, 3.05) is 24.2 Å². The van der Waals surface area contributed by atoms with Gasteiger partial charge in [0.05, 0.1) is 12.6 Å². The second kappa shape index (κ2) is 8.54. The summed E-state index contributed by atoms with van der Waals surface area (Å²) in [6, 6.07) is 14.2. The molecule has 3 aromatic rings. The average molecular weight is 406 g/mol. The fourth-order valence-electron chi connectivity index (χ4n) is 3.31. The van der Waals surface area contributed by atoms with Crippen LogP contribution in [0.2, 0.25) is 0 Å². The van der Waals surface area contributed by atoms with Crippen molar-refractivity contribution in [3.8, 4) is 0 Å². The van der Waals surface area contributed by atoms with E-state index < -0.39 is 0 Å². The summed E-state index contributed by atoms with van der Waals surface area (Å²) in [7, 11) is 1.93. The van der Waals surface area contributed by atoms with E-state index in [1.165, 1.54) is 5.56 Å². The van der Waals surface area contributed by atoms with Crippen LogP contribution in [0, 0.1) is 6.92 Å². The highest BCUT2D eigenvalue weighted by atomic mass is 16.7. The monoisotopic (exact) mass is 405 g/mol. The van der Waals surface area contributed by atoms with Crippen LogP contribution in [0.4, 0.5) is 17.6 Å². The number of rotatable bonds is 7. The van der Waals surface area contributed by atoms with Crippen LogP contribution in [-0.2, 0) is 4.84 Å². The molecule has 3 N–H and O–H groups in total. The molecular formula is C22H27N7O. The van der Waals surface area contributed by atoms with E-state index in [4.69, 9.17) is 4.84 Å². The third-order valence-electron chi connectivity index (χ3n) is 4.89. The first-order valence-corrected chi connectivity index (χ1v) is 10.1. The molecule has 156 valence electrons. The summed E-state index contributed by atoms with van der Waals surface area (Å²) in [5.74, 6) is 3.17. The third-order valence-corrected chi connectivity index (χ3v) is 4.89. The molecule has 1 aromatic carbocycles. The van der Waals surface area contributed by atoms with Crippen LogP contribution in [0.5, 0.6) is 0 Å². The number of aryl methyl sites for hydroxylation is 1. The van der Waals surface area contributed by atoms with Gasteiger partial charge in [0.1, 0.15) is 11.6 Å². The lowest BCUT2D eigenvalue weighted by molar-refractivity contribution is -0.0947. The van der Waals surface area contributed by atoms with E-state index in [1.54, 1.807) is 0 Å². The number of H-pyrrole nitrogens is 1. The highest BCUT2D eigenvalue weighted by Gasteiger charge is 2.24. The van der Waals surface area contributed by atoms with Crippen molar-refractivity contribution < 1.29 is 4.84 Å². The number of hydroxylamine groups is 2. The van der Waals surface area contributed by atoms with Crippen molar-refractivity contribution in [3.05, 3.63) is 71.3 Å². The minimum absolute atomic E-state index is 0.0912. The Morgan fingerprint density at radius 3 is 2.67 bits per heavy atom. The van der Waals surface area contributed by atoms with Gasteiger partial charge in [-0.05, 0) is 24.5 Å². The number of aromatic amines is 1. The molecule has 8 nitrogen and oxygen atoms in total. The quantitative estimate of drug-likeness (QED) is 0.540. The molecule has 0 spiro atoms. The van der Waals surface area contributed by atoms with Crippen molar-refractivity contribution >= 4 is 17.6 Å². The van der Waals surface area contributed by atoms with Gasteiger partial charge in [0.15, 0.2) is 5.82 Å². The van der Waals surface area contributed by atoms with Crippen molar-refractivity contribution in [2.45, 2.75) is 32.7 Å². The summed E-state index contributed by atoms with van der Waals surface area (Å²) >= 11 is 0. The normalized spacial score (nSPS) is 16.4. The second-order valence-electron chi connectivity index (χ2n) is 7.69. The van der Waals surface area contributed by atoms with Crippen molar-refractivity contribution in [2.24, 2.45) is 0 Å². The van der Waals surface area contributed by atoms with Gasteiger partial charge in [0.2, 0.25) is 5.95 Å². The molecule has 0 aliphatic carbocycles. The molecule has 30 heavy (non-hydrogen) atoms. The standard InChI is InChI=1S/C22H27N7O/c1-14(2)18-12-21(28-27-18)25-20-10-15(3)24-22(26-20)23-13-17-11-19(29(4)30-17)16-8-6-5-7-9-16/h5-12,14,19H,13H2,1-4H3,(H3,23,24,25,26,27,28). The van der Waals surface area contributed by atoms with E-state index in [-0.39, 0.29) is 6.04 Å². The summed E-state index contributed by atoms with van der Waals surface area (Å²) in [6.07, 6.45) is 2.11. The molecule has 1 unspecified atom stereocenters. The Labute approximate surface area is 176 Å². The second-order valence-corrected chi connectivity index (χ2v) is 7.69. The molecule has 0 saturated carbocycles. The molecule has 0 fully saturated rings. The molecule has 8 heteroatoms. The molecule has 1 aliphatic heterocycles. The van der Waals surface area contributed by atoms with E-state index in [0.29, 0.717) is 24.2 Å². The maximum absolute atomic E-state index is 5.88. The number of benzene rings is 1. The van der Waals surface area contributed by atoms with Crippen molar-refractivity contribution in [1.29, 1.82) is 0 Å². The van der Waals surface area contributed by atoms with Gasteiger partial charge in [0.25, 0.3) is 0 Å². The first-order valence-electron chi connectivity index (χ1n) is 10.1. The third kappa shape index (κ3) is 4.60. The van der Waals surface area contributed by atoms with Gasteiger partial charge in [0, 0.05) is 30.6 Å². The number of hydrogen-bond acceptors (Lipinski definition) is 7. The SMILES string of the molecule is Cc1cc(Nc2cc(C(C)C)[nH]n2)nc(NCC2=CC(c3ccccc3)N(C)O2)n1. The Morgan fingerprint density at radius 2 is 1.93 bits per heavy atom. The summed E-state index contributed by atoms with van der Waals surface area (Å²) in [6.45, 7) is 6.67. The Hall–Kier alpha value is -3.39. The molecule has 4 rings (SSSR count). The van der Waals surface area contributed by atoms with Gasteiger partial charge in [-0.15, -0.1) is 5.06 Å².